The molecule has 1 fully saturated rings. The van der Waals surface area contributed by atoms with Crippen molar-refractivity contribution < 1.29 is 23.5 Å². The molecule has 0 spiro atoms. The average Bonchev–Trinajstić information content (AvgIpc) is 2.75. The lowest BCUT2D eigenvalue weighted by atomic mass is 9.73. The minimum Gasteiger partial charge on any atom is -0.468 e. The smallest absolute Gasteiger partial charge is 0.325 e. The summed E-state index contributed by atoms with van der Waals surface area (Å²) in [7, 11) is 2.61. The van der Waals surface area contributed by atoms with Crippen LogP contribution in [0.4, 0.5) is 10.1 Å². The molecule has 1 aromatic carbocycles. The summed E-state index contributed by atoms with van der Waals surface area (Å²) in [6.45, 7) is 0.721. The van der Waals surface area contributed by atoms with Crippen LogP contribution in [0.3, 0.4) is 0 Å². The number of methoxy groups -OCH3 is 2. The van der Waals surface area contributed by atoms with Crippen LogP contribution >= 0.6 is 0 Å². The van der Waals surface area contributed by atoms with Gasteiger partial charge in [-0.15, -0.1) is 0 Å². The van der Waals surface area contributed by atoms with Gasteiger partial charge in [0.2, 0.25) is 0 Å². The number of hydrogen-bond acceptors (Lipinski definition) is 5. The summed E-state index contributed by atoms with van der Waals surface area (Å²) in [4.78, 5) is 27.9. The fourth-order valence-electron chi connectivity index (χ4n) is 4.54. The first-order valence-electron chi connectivity index (χ1n) is 9.26. The lowest BCUT2D eigenvalue weighted by molar-refractivity contribution is -0.171. The second-order valence-corrected chi connectivity index (χ2v) is 7.14. The van der Waals surface area contributed by atoms with Crippen molar-refractivity contribution in [1.29, 1.82) is 0 Å². The molecule has 0 radical (unpaired) electrons. The van der Waals surface area contributed by atoms with Crippen LogP contribution in [0.2, 0.25) is 0 Å². The number of ether oxygens (including phenoxy) is 2. The van der Waals surface area contributed by atoms with E-state index in [1.165, 1.54) is 26.4 Å². The number of nitrogens with zero attached hydrogens (tertiary/aromatic N) is 1. The number of halogens is 1. The summed E-state index contributed by atoms with van der Waals surface area (Å²) in [6.07, 6.45) is 5.43. The third-order valence-corrected chi connectivity index (χ3v) is 5.81. The number of esters is 2. The molecule has 1 saturated heterocycles. The highest BCUT2D eigenvalue weighted by Gasteiger charge is 2.57. The molecule has 0 amide bonds. The number of rotatable bonds is 2. The summed E-state index contributed by atoms with van der Waals surface area (Å²) in [6, 6.07) is 4.37. The standard InChI is InChI=1S/C20H26FNO4/c1-25-18(23)20(19(24)26-2)11-10-14-13-15(21)8-9-16(14)22-12-6-4-3-5-7-17(20)22/h8-9,13,17H,3-7,10-12H2,1-2H3. The second kappa shape index (κ2) is 7.64. The Morgan fingerprint density at radius 1 is 1.12 bits per heavy atom. The van der Waals surface area contributed by atoms with Gasteiger partial charge >= 0.3 is 11.9 Å². The van der Waals surface area contributed by atoms with E-state index in [0.29, 0.717) is 12.8 Å². The van der Waals surface area contributed by atoms with Gasteiger partial charge in [0.05, 0.1) is 20.3 Å². The van der Waals surface area contributed by atoms with Crippen LogP contribution < -0.4 is 4.90 Å². The van der Waals surface area contributed by atoms with E-state index in [0.717, 1.165) is 43.5 Å². The first-order chi connectivity index (χ1) is 12.5. The molecule has 5 nitrogen and oxygen atoms in total. The number of anilines is 1. The molecule has 0 bridgehead atoms. The fourth-order valence-corrected chi connectivity index (χ4v) is 4.54. The number of hydrogen-bond donors (Lipinski definition) is 0. The molecule has 2 aliphatic rings. The number of fused-ring (bicyclic) bond motifs is 3. The minimum absolute atomic E-state index is 0.254. The maximum Gasteiger partial charge on any atom is 0.325 e. The van der Waals surface area contributed by atoms with Gasteiger partial charge in [0.25, 0.3) is 0 Å². The maximum atomic E-state index is 13.8. The van der Waals surface area contributed by atoms with Gasteiger partial charge in [-0.1, -0.05) is 19.3 Å². The van der Waals surface area contributed by atoms with Gasteiger partial charge in [-0.25, -0.2) is 4.39 Å². The van der Waals surface area contributed by atoms with E-state index in [2.05, 4.69) is 4.90 Å². The number of carbonyl (C=O) groups excluding carboxylic acids is 2. The molecular weight excluding hydrogens is 337 g/mol. The van der Waals surface area contributed by atoms with Crippen molar-refractivity contribution in [3.63, 3.8) is 0 Å². The van der Waals surface area contributed by atoms with Crippen molar-refractivity contribution in [2.75, 3.05) is 25.7 Å². The fraction of sp³-hybridized carbons (Fsp3) is 0.600. The molecule has 2 aliphatic heterocycles. The van der Waals surface area contributed by atoms with Crippen molar-refractivity contribution in [3.8, 4) is 0 Å². The Hall–Kier alpha value is -2.11. The molecule has 1 atom stereocenters. The lowest BCUT2D eigenvalue weighted by Crippen LogP contribution is -2.57. The Balaban J connectivity index is 2.17. The molecule has 2 heterocycles. The van der Waals surface area contributed by atoms with Gasteiger partial charge in [-0.3, -0.25) is 9.59 Å². The molecule has 3 rings (SSSR count). The van der Waals surface area contributed by atoms with Crippen molar-refractivity contribution in [1.82, 2.24) is 0 Å². The first-order valence-corrected chi connectivity index (χ1v) is 9.26. The average molecular weight is 363 g/mol. The van der Waals surface area contributed by atoms with E-state index in [9.17, 15) is 14.0 Å². The third-order valence-electron chi connectivity index (χ3n) is 5.81. The Bertz CT molecular complexity index is 674. The van der Waals surface area contributed by atoms with Crippen molar-refractivity contribution in [3.05, 3.63) is 29.6 Å². The normalized spacial score (nSPS) is 22.1. The van der Waals surface area contributed by atoms with E-state index < -0.39 is 17.4 Å². The second-order valence-electron chi connectivity index (χ2n) is 7.14. The molecule has 0 N–H and O–H groups in total. The van der Waals surface area contributed by atoms with E-state index in [1.807, 2.05) is 0 Å². The predicted molar refractivity (Wildman–Crippen MR) is 95.4 cm³/mol. The molecule has 26 heavy (non-hydrogen) atoms. The predicted octanol–water partition coefficient (Wildman–Crippen LogP) is 3.24. The third kappa shape index (κ3) is 3.06. The van der Waals surface area contributed by atoms with Gasteiger partial charge < -0.3 is 14.4 Å². The van der Waals surface area contributed by atoms with E-state index in [1.54, 1.807) is 6.07 Å². The summed E-state index contributed by atoms with van der Waals surface area (Å²) in [5.74, 6) is -1.43. The Morgan fingerprint density at radius 3 is 2.50 bits per heavy atom. The molecule has 0 aliphatic carbocycles. The quantitative estimate of drug-likeness (QED) is 0.596. The van der Waals surface area contributed by atoms with Crippen LogP contribution in [0.5, 0.6) is 0 Å². The van der Waals surface area contributed by atoms with Crippen LogP contribution in [-0.2, 0) is 25.5 Å². The van der Waals surface area contributed by atoms with E-state index in [-0.39, 0.29) is 18.3 Å². The summed E-state index contributed by atoms with van der Waals surface area (Å²) >= 11 is 0. The number of carbonyl (C=O) groups is 2. The van der Waals surface area contributed by atoms with Crippen molar-refractivity contribution in [2.45, 2.75) is 51.0 Å². The lowest BCUT2D eigenvalue weighted by Gasteiger charge is -2.43. The summed E-state index contributed by atoms with van der Waals surface area (Å²) in [5.41, 5.74) is 0.342. The topological polar surface area (TPSA) is 55.8 Å². The summed E-state index contributed by atoms with van der Waals surface area (Å²) in [5, 5.41) is 0. The minimum atomic E-state index is -1.39. The van der Waals surface area contributed by atoms with E-state index >= 15 is 0 Å². The zero-order valence-corrected chi connectivity index (χ0v) is 15.4. The zero-order chi connectivity index (χ0) is 18.7. The molecule has 6 heteroatoms. The highest BCUT2D eigenvalue weighted by Crippen LogP contribution is 2.44. The monoisotopic (exact) mass is 363 g/mol. The highest BCUT2D eigenvalue weighted by atomic mass is 19.1. The Labute approximate surface area is 153 Å². The number of benzene rings is 1. The SMILES string of the molecule is COC(=O)C1(C(=O)OC)CCc2cc(F)ccc2N2CCCCCCC21. The maximum absolute atomic E-state index is 13.8. The van der Waals surface area contributed by atoms with Crippen LogP contribution in [0.25, 0.3) is 0 Å². The van der Waals surface area contributed by atoms with Gasteiger partial charge in [0.15, 0.2) is 5.41 Å². The van der Waals surface area contributed by atoms with Crippen molar-refractivity contribution in [2.24, 2.45) is 5.41 Å². The Kier molecular flexibility index (Phi) is 5.49. The van der Waals surface area contributed by atoms with Crippen LogP contribution in [0.15, 0.2) is 18.2 Å². The van der Waals surface area contributed by atoms with Gasteiger partial charge in [0, 0.05) is 12.2 Å². The zero-order valence-electron chi connectivity index (χ0n) is 15.4. The highest BCUT2D eigenvalue weighted by molar-refractivity contribution is 6.01. The van der Waals surface area contributed by atoms with Crippen LogP contribution in [-0.4, -0.2) is 38.7 Å². The summed E-state index contributed by atoms with van der Waals surface area (Å²) < 4.78 is 24.0. The molecule has 0 saturated carbocycles. The van der Waals surface area contributed by atoms with Crippen molar-refractivity contribution >= 4 is 17.6 Å². The first kappa shape index (κ1) is 18.7. The van der Waals surface area contributed by atoms with Gasteiger partial charge in [0.1, 0.15) is 5.82 Å². The number of aryl methyl sites for hydroxylation is 1. The molecule has 0 aromatic heterocycles. The molecule has 142 valence electrons. The Morgan fingerprint density at radius 2 is 1.81 bits per heavy atom. The van der Waals surface area contributed by atoms with Crippen LogP contribution in [0.1, 0.15) is 44.1 Å². The molecular formula is C20H26FNO4. The molecule has 1 aromatic rings. The molecule has 1 unspecified atom stereocenters. The van der Waals surface area contributed by atoms with Crippen LogP contribution in [0, 0.1) is 11.2 Å². The van der Waals surface area contributed by atoms with Gasteiger partial charge in [-0.2, -0.15) is 0 Å². The van der Waals surface area contributed by atoms with E-state index in [4.69, 9.17) is 9.47 Å². The van der Waals surface area contributed by atoms with Gasteiger partial charge in [-0.05, 0) is 49.4 Å². The largest absolute Gasteiger partial charge is 0.468 e.